The molecule has 4 unspecified atom stereocenters. The Morgan fingerprint density at radius 2 is 1.56 bits per heavy atom. The molecule has 0 radical (unpaired) electrons. The summed E-state index contributed by atoms with van der Waals surface area (Å²) in [5.41, 5.74) is 0. The summed E-state index contributed by atoms with van der Waals surface area (Å²) in [7, 11) is 0. The number of hydrogen-bond donors (Lipinski definition) is 1. The van der Waals surface area contributed by atoms with Crippen molar-refractivity contribution in [3.05, 3.63) is 0 Å². The number of alkyl halides is 4. The Morgan fingerprint density at radius 3 is 2.11 bits per heavy atom. The van der Waals surface area contributed by atoms with Crippen LogP contribution in [0.1, 0.15) is 44.9 Å². The van der Waals surface area contributed by atoms with Gasteiger partial charge in [0, 0.05) is 0 Å². The van der Waals surface area contributed by atoms with Crippen molar-refractivity contribution in [3.8, 4) is 0 Å². The summed E-state index contributed by atoms with van der Waals surface area (Å²) in [6, 6.07) is 0. The summed E-state index contributed by atoms with van der Waals surface area (Å²) in [5, 5.41) is 9.02. The lowest BCUT2D eigenvalue weighted by Crippen LogP contribution is -2.48. The van der Waals surface area contributed by atoms with E-state index < -0.39 is 29.5 Å². The van der Waals surface area contributed by atoms with Gasteiger partial charge in [-0.05, 0) is 24.7 Å². The molecular formula is C13H20ClF3O. The summed E-state index contributed by atoms with van der Waals surface area (Å²) in [6.07, 6.45) is -0.0317. The first-order valence-electron chi connectivity index (χ1n) is 6.80. The molecule has 2 aliphatic carbocycles. The quantitative estimate of drug-likeness (QED) is 0.718. The summed E-state index contributed by atoms with van der Waals surface area (Å²) < 4.78 is 39.3. The highest BCUT2D eigenvalue weighted by Crippen LogP contribution is 2.49. The number of rotatable bonds is 1. The van der Waals surface area contributed by atoms with Crippen LogP contribution in [0.4, 0.5) is 13.2 Å². The Morgan fingerprint density at radius 1 is 0.944 bits per heavy atom. The SMILES string of the molecule is OC1CCC(C(F)(F)F)C(C2CCCCC2)C1Cl. The average molecular weight is 285 g/mol. The van der Waals surface area contributed by atoms with Crippen LogP contribution >= 0.6 is 11.6 Å². The molecule has 2 rings (SSSR count). The standard InChI is InChI=1S/C13H20ClF3O/c14-12-10(18)7-6-9(13(15,16)17)11(12)8-4-2-1-3-5-8/h8-12,18H,1-7H2. The number of halogens is 4. The summed E-state index contributed by atoms with van der Waals surface area (Å²) >= 11 is 6.12. The van der Waals surface area contributed by atoms with Crippen molar-refractivity contribution in [3.63, 3.8) is 0 Å². The molecule has 106 valence electrons. The lowest BCUT2D eigenvalue weighted by Gasteiger charge is -2.44. The van der Waals surface area contributed by atoms with Gasteiger partial charge in [-0.3, -0.25) is 0 Å². The normalized spacial score (nSPS) is 39.8. The fourth-order valence-corrected chi connectivity index (χ4v) is 4.18. The van der Waals surface area contributed by atoms with E-state index in [1.54, 1.807) is 0 Å². The molecule has 2 fully saturated rings. The van der Waals surface area contributed by atoms with Gasteiger partial charge in [-0.1, -0.05) is 32.1 Å². The zero-order valence-electron chi connectivity index (χ0n) is 10.3. The van der Waals surface area contributed by atoms with Crippen LogP contribution in [0.15, 0.2) is 0 Å². The van der Waals surface area contributed by atoms with Crippen LogP contribution in [0.2, 0.25) is 0 Å². The van der Waals surface area contributed by atoms with E-state index >= 15 is 0 Å². The Bertz CT molecular complexity index is 276. The molecule has 0 aliphatic heterocycles. The fraction of sp³-hybridized carbons (Fsp3) is 1.00. The highest BCUT2D eigenvalue weighted by molar-refractivity contribution is 6.21. The van der Waals surface area contributed by atoms with Crippen LogP contribution in [0.5, 0.6) is 0 Å². The third kappa shape index (κ3) is 2.96. The molecule has 4 atom stereocenters. The third-order valence-corrected chi connectivity index (χ3v) is 5.17. The highest BCUT2D eigenvalue weighted by Gasteiger charge is 2.52. The van der Waals surface area contributed by atoms with E-state index in [1.165, 1.54) is 0 Å². The maximum absolute atomic E-state index is 13.1. The van der Waals surface area contributed by atoms with Crippen molar-refractivity contribution in [1.82, 2.24) is 0 Å². The van der Waals surface area contributed by atoms with E-state index in [0.717, 1.165) is 32.1 Å². The second-order valence-electron chi connectivity index (χ2n) is 5.71. The smallest absolute Gasteiger partial charge is 0.392 e. The predicted molar refractivity (Wildman–Crippen MR) is 64.5 cm³/mol. The van der Waals surface area contributed by atoms with Crippen LogP contribution in [0.25, 0.3) is 0 Å². The summed E-state index contributed by atoms with van der Waals surface area (Å²) in [5.74, 6) is -1.90. The zero-order chi connectivity index (χ0) is 13.3. The Labute approximate surface area is 111 Å². The third-order valence-electron chi connectivity index (χ3n) is 4.59. The van der Waals surface area contributed by atoms with Gasteiger partial charge in [0.25, 0.3) is 0 Å². The average Bonchev–Trinajstić information content (AvgIpc) is 2.32. The Kier molecular flexibility index (Phi) is 4.48. The molecule has 18 heavy (non-hydrogen) atoms. The molecule has 0 amide bonds. The second-order valence-corrected chi connectivity index (χ2v) is 6.22. The largest absolute Gasteiger partial charge is 0.392 e. The highest BCUT2D eigenvalue weighted by atomic mass is 35.5. The molecule has 2 aliphatic rings. The monoisotopic (exact) mass is 284 g/mol. The molecule has 1 nitrogen and oxygen atoms in total. The van der Waals surface area contributed by atoms with Crippen LogP contribution in [-0.2, 0) is 0 Å². The van der Waals surface area contributed by atoms with Gasteiger partial charge in [-0.25, -0.2) is 0 Å². The number of aliphatic hydroxyl groups excluding tert-OH is 1. The van der Waals surface area contributed by atoms with Crippen LogP contribution in [0.3, 0.4) is 0 Å². The maximum atomic E-state index is 13.1. The van der Waals surface area contributed by atoms with Gasteiger partial charge in [0.15, 0.2) is 0 Å². The molecule has 0 saturated heterocycles. The lowest BCUT2D eigenvalue weighted by molar-refractivity contribution is -0.208. The minimum Gasteiger partial charge on any atom is -0.392 e. The number of aliphatic hydroxyl groups is 1. The van der Waals surface area contributed by atoms with E-state index in [-0.39, 0.29) is 18.8 Å². The zero-order valence-corrected chi connectivity index (χ0v) is 11.1. The predicted octanol–water partition coefficient (Wildman–Crippen LogP) is 4.12. The van der Waals surface area contributed by atoms with E-state index in [2.05, 4.69) is 0 Å². The molecular weight excluding hydrogens is 265 g/mol. The molecule has 0 aromatic rings. The van der Waals surface area contributed by atoms with Crippen molar-refractivity contribution < 1.29 is 18.3 Å². The van der Waals surface area contributed by atoms with E-state index in [4.69, 9.17) is 11.6 Å². The minimum absolute atomic E-state index is 0.0229. The van der Waals surface area contributed by atoms with E-state index in [9.17, 15) is 18.3 Å². The van der Waals surface area contributed by atoms with Crippen LogP contribution in [-0.4, -0.2) is 22.8 Å². The number of hydrogen-bond acceptors (Lipinski definition) is 1. The van der Waals surface area contributed by atoms with E-state index in [0.29, 0.717) is 0 Å². The molecule has 1 N–H and O–H groups in total. The van der Waals surface area contributed by atoms with Gasteiger partial charge < -0.3 is 5.11 Å². The van der Waals surface area contributed by atoms with Crippen molar-refractivity contribution in [1.29, 1.82) is 0 Å². The van der Waals surface area contributed by atoms with Crippen LogP contribution in [0, 0.1) is 17.8 Å². The molecule has 0 bridgehead atoms. The molecule has 0 heterocycles. The van der Waals surface area contributed by atoms with Crippen molar-refractivity contribution >= 4 is 11.6 Å². The topological polar surface area (TPSA) is 20.2 Å². The van der Waals surface area contributed by atoms with Crippen molar-refractivity contribution in [2.45, 2.75) is 62.6 Å². The van der Waals surface area contributed by atoms with Crippen molar-refractivity contribution in [2.24, 2.45) is 17.8 Å². The molecule has 5 heteroatoms. The minimum atomic E-state index is -4.19. The second kappa shape index (κ2) is 5.58. The molecule has 0 aromatic carbocycles. The first kappa shape index (κ1) is 14.4. The molecule has 0 spiro atoms. The fourth-order valence-electron chi connectivity index (χ4n) is 3.67. The maximum Gasteiger partial charge on any atom is 0.392 e. The Balaban J connectivity index is 2.17. The van der Waals surface area contributed by atoms with Gasteiger partial charge in [-0.2, -0.15) is 13.2 Å². The first-order valence-corrected chi connectivity index (χ1v) is 7.23. The van der Waals surface area contributed by atoms with Crippen molar-refractivity contribution in [2.75, 3.05) is 0 Å². The van der Waals surface area contributed by atoms with Gasteiger partial charge >= 0.3 is 6.18 Å². The lowest BCUT2D eigenvalue weighted by atomic mass is 9.66. The van der Waals surface area contributed by atoms with Gasteiger partial charge in [-0.15, -0.1) is 11.6 Å². The van der Waals surface area contributed by atoms with E-state index in [1.807, 2.05) is 0 Å². The van der Waals surface area contributed by atoms with Gasteiger partial charge in [0.05, 0.1) is 17.4 Å². The van der Waals surface area contributed by atoms with Gasteiger partial charge in [0.2, 0.25) is 0 Å². The van der Waals surface area contributed by atoms with Gasteiger partial charge in [0.1, 0.15) is 0 Å². The molecule has 2 saturated carbocycles. The molecule has 0 aromatic heterocycles. The summed E-state index contributed by atoms with van der Waals surface area (Å²) in [4.78, 5) is 0. The van der Waals surface area contributed by atoms with Crippen LogP contribution < -0.4 is 0 Å². The summed E-state index contributed by atoms with van der Waals surface area (Å²) in [6.45, 7) is 0. The Hall–Kier alpha value is 0.0400. The first-order chi connectivity index (χ1) is 8.41.